The average molecular weight is 449 g/mol. The summed E-state index contributed by atoms with van der Waals surface area (Å²) in [5.74, 6) is 0.828. The lowest BCUT2D eigenvalue weighted by atomic mass is 9.91. The van der Waals surface area contributed by atoms with Gasteiger partial charge in [-0.2, -0.15) is 0 Å². The second-order valence-corrected chi connectivity index (χ2v) is 9.77. The lowest BCUT2D eigenvalue weighted by molar-refractivity contribution is 0.0853. The summed E-state index contributed by atoms with van der Waals surface area (Å²) in [6.45, 7) is 4.49. The van der Waals surface area contributed by atoms with Crippen molar-refractivity contribution in [2.24, 2.45) is 0 Å². The summed E-state index contributed by atoms with van der Waals surface area (Å²) in [6, 6.07) is 11.8. The highest BCUT2D eigenvalue weighted by Gasteiger charge is 2.26. The van der Waals surface area contributed by atoms with Crippen molar-refractivity contribution in [3.63, 3.8) is 0 Å². The second kappa shape index (κ2) is 10.2. The summed E-state index contributed by atoms with van der Waals surface area (Å²) in [4.78, 5) is 22.1. The van der Waals surface area contributed by atoms with Crippen LogP contribution in [0.2, 0.25) is 0 Å². The Bertz CT molecular complexity index is 951. The van der Waals surface area contributed by atoms with E-state index >= 15 is 0 Å². The molecule has 1 amide bonds. The molecule has 5 rings (SSSR count). The Labute approximate surface area is 197 Å². The third-order valence-electron chi connectivity index (χ3n) is 7.76. The average Bonchev–Trinajstić information content (AvgIpc) is 3.04. The maximum atomic E-state index is 12.7. The largest absolute Gasteiger partial charge is 0.381 e. The molecule has 6 heteroatoms. The van der Waals surface area contributed by atoms with E-state index < -0.39 is 0 Å². The van der Waals surface area contributed by atoms with Crippen molar-refractivity contribution in [2.45, 2.75) is 63.6 Å². The fraction of sp³-hybridized carbons (Fsp3) is 0.556. The van der Waals surface area contributed by atoms with Crippen molar-refractivity contribution in [1.29, 1.82) is 0 Å². The number of pyridine rings is 1. The number of hydrogen-bond acceptors (Lipinski definition) is 5. The minimum atomic E-state index is -0.0751. The van der Waals surface area contributed by atoms with Crippen LogP contribution in [-0.4, -0.2) is 61.2 Å². The van der Waals surface area contributed by atoms with Crippen LogP contribution in [0, 0.1) is 0 Å². The standard InChI is InChI=1S/C27H36N4O2/c1-30(24-11-15-33-16-12-24)26-8-7-23(19-28-26)27(32)29-18-20-5-6-21-9-13-31(25-3-2-4-25)14-10-22(21)17-20/h5-8,17,19,24-25H,2-4,9-16,18H2,1H3,(H,29,32). The van der Waals surface area contributed by atoms with Crippen LogP contribution in [0.5, 0.6) is 0 Å². The minimum absolute atomic E-state index is 0.0751. The number of fused-ring (bicyclic) bond motifs is 1. The number of hydrogen-bond donors (Lipinski definition) is 1. The van der Waals surface area contributed by atoms with Gasteiger partial charge in [-0.15, -0.1) is 0 Å². The molecule has 1 aliphatic carbocycles. The van der Waals surface area contributed by atoms with Crippen molar-refractivity contribution in [3.8, 4) is 0 Å². The molecule has 2 aliphatic heterocycles. The Balaban J connectivity index is 1.15. The van der Waals surface area contributed by atoms with Crippen LogP contribution in [0.15, 0.2) is 36.5 Å². The summed E-state index contributed by atoms with van der Waals surface area (Å²) in [5, 5.41) is 3.08. The molecule has 1 aromatic heterocycles. The zero-order valence-corrected chi connectivity index (χ0v) is 19.8. The number of amides is 1. The Morgan fingerprint density at radius 1 is 1.09 bits per heavy atom. The SMILES string of the molecule is CN(c1ccc(C(=O)NCc2ccc3c(c2)CCN(C2CCC2)CC3)cn1)C1CCOCC1. The first kappa shape index (κ1) is 22.4. The molecule has 6 nitrogen and oxygen atoms in total. The van der Waals surface area contributed by atoms with Gasteiger partial charge >= 0.3 is 0 Å². The van der Waals surface area contributed by atoms with E-state index in [1.807, 2.05) is 12.1 Å². The molecule has 0 radical (unpaired) electrons. The monoisotopic (exact) mass is 448 g/mol. The first-order chi connectivity index (χ1) is 16.2. The van der Waals surface area contributed by atoms with E-state index in [0.29, 0.717) is 18.2 Å². The van der Waals surface area contributed by atoms with Gasteiger partial charge in [0.2, 0.25) is 0 Å². The predicted molar refractivity (Wildman–Crippen MR) is 131 cm³/mol. The van der Waals surface area contributed by atoms with E-state index in [1.165, 1.54) is 42.5 Å². The van der Waals surface area contributed by atoms with Crippen LogP contribution in [0.1, 0.15) is 59.2 Å². The summed E-state index contributed by atoms with van der Waals surface area (Å²) in [6.07, 6.45) is 10.1. The first-order valence-electron chi connectivity index (χ1n) is 12.6. The van der Waals surface area contributed by atoms with E-state index in [-0.39, 0.29) is 5.91 Å². The lowest BCUT2D eigenvalue weighted by Gasteiger charge is -2.36. The van der Waals surface area contributed by atoms with Gasteiger partial charge < -0.3 is 15.0 Å². The van der Waals surface area contributed by atoms with Gasteiger partial charge in [-0.05, 0) is 67.3 Å². The number of rotatable bonds is 6. The van der Waals surface area contributed by atoms with Gasteiger partial charge in [-0.1, -0.05) is 24.6 Å². The van der Waals surface area contributed by atoms with Crippen LogP contribution < -0.4 is 10.2 Å². The fourth-order valence-corrected chi connectivity index (χ4v) is 5.30. The Morgan fingerprint density at radius 3 is 2.58 bits per heavy atom. The summed E-state index contributed by atoms with van der Waals surface area (Å²) < 4.78 is 5.46. The zero-order valence-electron chi connectivity index (χ0n) is 19.8. The number of ether oxygens (including phenoxy) is 1. The van der Waals surface area contributed by atoms with Crippen molar-refractivity contribution in [2.75, 3.05) is 38.3 Å². The summed E-state index contributed by atoms with van der Waals surface area (Å²) >= 11 is 0. The van der Waals surface area contributed by atoms with Crippen molar-refractivity contribution < 1.29 is 9.53 Å². The Morgan fingerprint density at radius 2 is 1.88 bits per heavy atom. The Kier molecular flexibility index (Phi) is 6.93. The highest BCUT2D eigenvalue weighted by molar-refractivity contribution is 5.94. The number of benzene rings is 1. The van der Waals surface area contributed by atoms with Gasteiger partial charge in [0.15, 0.2) is 0 Å². The molecular formula is C27H36N4O2. The third kappa shape index (κ3) is 5.22. The predicted octanol–water partition coefficient (Wildman–Crippen LogP) is 3.58. The quantitative estimate of drug-likeness (QED) is 0.732. The summed E-state index contributed by atoms with van der Waals surface area (Å²) in [5.41, 5.74) is 4.69. The number of anilines is 1. The highest BCUT2D eigenvalue weighted by Crippen LogP contribution is 2.27. The first-order valence-corrected chi connectivity index (χ1v) is 12.6. The maximum absolute atomic E-state index is 12.7. The van der Waals surface area contributed by atoms with Gasteiger partial charge in [-0.25, -0.2) is 4.98 Å². The van der Waals surface area contributed by atoms with E-state index in [1.54, 1.807) is 6.20 Å². The van der Waals surface area contributed by atoms with Crippen molar-refractivity contribution >= 4 is 11.7 Å². The number of carbonyl (C=O) groups excluding carboxylic acids is 1. The zero-order chi connectivity index (χ0) is 22.6. The van der Waals surface area contributed by atoms with Crippen LogP contribution in [0.25, 0.3) is 0 Å². The number of nitrogens with zero attached hydrogens (tertiary/aromatic N) is 3. The maximum Gasteiger partial charge on any atom is 0.253 e. The van der Waals surface area contributed by atoms with Crippen molar-refractivity contribution in [3.05, 3.63) is 58.8 Å². The number of carbonyl (C=O) groups is 1. The molecule has 176 valence electrons. The molecule has 1 N–H and O–H groups in total. The molecule has 2 aromatic rings. The van der Waals surface area contributed by atoms with Crippen LogP contribution in [0.3, 0.4) is 0 Å². The Hall–Kier alpha value is -2.44. The van der Waals surface area contributed by atoms with Gasteiger partial charge in [0.05, 0.1) is 5.56 Å². The fourth-order valence-electron chi connectivity index (χ4n) is 5.30. The van der Waals surface area contributed by atoms with Crippen LogP contribution in [0.4, 0.5) is 5.82 Å². The van der Waals surface area contributed by atoms with E-state index in [0.717, 1.165) is 57.3 Å². The molecule has 33 heavy (non-hydrogen) atoms. The molecule has 3 heterocycles. The van der Waals surface area contributed by atoms with Crippen molar-refractivity contribution in [1.82, 2.24) is 15.2 Å². The third-order valence-corrected chi connectivity index (χ3v) is 7.76. The van der Waals surface area contributed by atoms with E-state index in [2.05, 4.69) is 45.3 Å². The van der Waals surface area contributed by atoms with E-state index in [4.69, 9.17) is 4.74 Å². The summed E-state index contributed by atoms with van der Waals surface area (Å²) in [7, 11) is 2.07. The molecule has 0 bridgehead atoms. The van der Waals surface area contributed by atoms with Gasteiger partial charge in [0.25, 0.3) is 5.91 Å². The van der Waals surface area contributed by atoms with Gasteiger partial charge in [-0.3, -0.25) is 9.69 Å². The van der Waals surface area contributed by atoms with Crippen LogP contribution in [-0.2, 0) is 24.1 Å². The smallest absolute Gasteiger partial charge is 0.253 e. The number of nitrogens with one attached hydrogen (secondary N) is 1. The minimum Gasteiger partial charge on any atom is -0.381 e. The molecule has 0 atom stereocenters. The molecular weight excluding hydrogens is 412 g/mol. The molecule has 0 spiro atoms. The molecule has 0 unspecified atom stereocenters. The molecule has 1 saturated heterocycles. The van der Waals surface area contributed by atoms with Crippen LogP contribution >= 0.6 is 0 Å². The number of aromatic nitrogens is 1. The molecule has 3 aliphatic rings. The van der Waals surface area contributed by atoms with Gasteiger partial charge in [0.1, 0.15) is 5.82 Å². The van der Waals surface area contributed by atoms with Gasteiger partial charge in [0, 0.05) is 58.2 Å². The molecule has 2 fully saturated rings. The molecule has 1 aromatic carbocycles. The lowest BCUT2D eigenvalue weighted by Crippen LogP contribution is -2.41. The second-order valence-electron chi connectivity index (χ2n) is 9.77. The molecule has 1 saturated carbocycles. The normalized spacial score (nSPS) is 19.9. The van der Waals surface area contributed by atoms with E-state index in [9.17, 15) is 4.79 Å². The highest BCUT2D eigenvalue weighted by atomic mass is 16.5. The topological polar surface area (TPSA) is 57.7 Å².